The van der Waals surface area contributed by atoms with Crippen LogP contribution >= 0.6 is 31.9 Å². The minimum Gasteiger partial charge on any atom is -0.302 e. The number of halogens is 2. The molecule has 2 aromatic rings. The van der Waals surface area contributed by atoms with Crippen LogP contribution in [0.1, 0.15) is 49.7 Å². The molecule has 0 spiro atoms. The summed E-state index contributed by atoms with van der Waals surface area (Å²) in [6.45, 7) is 1.95. The van der Waals surface area contributed by atoms with Crippen LogP contribution in [0.4, 0.5) is 0 Å². The normalized spacial score (nSPS) is 16.8. The van der Waals surface area contributed by atoms with Gasteiger partial charge in [-0.15, -0.1) is 0 Å². The Morgan fingerprint density at radius 1 is 1.07 bits per heavy atom. The van der Waals surface area contributed by atoms with Crippen molar-refractivity contribution in [2.75, 3.05) is 13.6 Å². The fraction of sp³-hybridized carbons (Fsp3) is 0.458. The average Bonchev–Trinajstić information content (AvgIpc) is 3.24. The van der Waals surface area contributed by atoms with Crippen LogP contribution in [0.5, 0.6) is 0 Å². The summed E-state index contributed by atoms with van der Waals surface area (Å²) in [5.74, 6) is 0.463. The molecule has 0 heterocycles. The smallest absolute Gasteiger partial charge is 0.0851 e. The molecule has 0 aromatic heterocycles. The summed E-state index contributed by atoms with van der Waals surface area (Å²) in [5.41, 5.74) is 2.12. The third-order valence-corrected chi connectivity index (χ3v) is 7.97. The predicted octanol–water partition coefficient (Wildman–Crippen LogP) is 7.08. The van der Waals surface area contributed by atoms with Crippen LogP contribution in [0.3, 0.4) is 0 Å². The Balaban J connectivity index is 1.72. The highest BCUT2D eigenvalue weighted by Crippen LogP contribution is 2.46. The Bertz CT molecular complexity index is 809. The Labute approximate surface area is 186 Å². The van der Waals surface area contributed by atoms with Crippen molar-refractivity contribution in [3.8, 4) is 6.07 Å². The molecule has 1 aliphatic carbocycles. The molecule has 1 fully saturated rings. The molecular weight excluding hydrogens is 476 g/mol. The summed E-state index contributed by atoms with van der Waals surface area (Å²) in [4.78, 5) is 2.36. The second-order valence-corrected chi connectivity index (χ2v) is 9.73. The van der Waals surface area contributed by atoms with Crippen LogP contribution in [-0.4, -0.2) is 18.5 Å². The van der Waals surface area contributed by atoms with Gasteiger partial charge in [-0.25, -0.2) is 0 Å². The van der Waals surface area contributed by atoms with Crippen molar-refractivity contribution < 1.29 is 0 Å². The maximum atomic E-state index is 10.4. The molecule has 1 atom stereocenters. The molecule has 4 heteroatoms. The average molecular weight is 504 g/mol. The standard InChI is InChI=1S/C24H28Br2N2/c1-28(17-19-8-3-2-4-9-19)15-7-14-24(18-27,20-10-5-6-11-20)21-12-13-22(25)23(26)16-21/h2-4,8-9,12-13,16,20H,5-7,10-11,14-15,17H2,1H3. The number of hydrogen-bond acceptors (Lipinski definition) is 2. The molecule has 3 rings (SSSR count). The molecule has 0 saturated heterocycles. The molecule has 148 valence electrons. The lowest BCUT2D eigenvalue weighted by molar-refractivity contribution is 0.272. The minimum absolute atomic E-state index is 0.382. The molecule has 0 N–H and O–H groups in total. The van der Waals surface area contributed by atoms with Gasteiger partial charge >= 0.3 is 0 Å². The van der Waals surface area contributed by atoms with E-state index in [1.54, 1.807) is 0 Å². The Morgan fingerprint density at radius 3 is 2.43 bits per heavy atom. The van der Waals surface area contributed by atoms with E-state index in [-0.39, 0.29) is 5.41 Å². The number of nitrogens with zero attached hydrogens (tertiary/aromatic N) is 2. The van der Waals surface area contributed by atoms with Crippen LogP contribution < -0.4 is 0 Å². The quantitative estimate of drug-likeness (QED) is 0.385. The topological polar surface area (TPSA) is 27.0 Å². The fourth-order valence-corrected chi connectivity index (χ4v) is 5.22. The number of rotatable bonds is 8. The van der Waals surface area contributed by atoms with E-state index >= 15 is 0 Å². The highest BCUT2D eigenvalue weighted by atomic mass is 79.9. The van der Waals surface area contributed by atoms with Crippen molar-refractivity contribution in [1.29, 1.82) is 5.26 Å². The van der Waals surface area contributed by atoms with Gasteiger partial charge in [0.25, 0.3) is 0 Å². The summed E-state index contributed by atoms with van der Waals surface area (Å²) in [6.07, 6.45) is 6.78. The van der Waals surface area contributed by atoms with Gasteiger partial charge in [0.15, 0.2) is 0 Å². The van der Waals surface area contributed by atoms with E-state index < -0.39 is 0 Å². The Kier molecular flexibility index (Phi) is 7.74. The van der Waals surface area contributed by atoms with Crippen molar-refractivity contribution in [2.24, 2.45) is 5.92 Å². The third kappa shape index (κ3) is 5.06. The third-order valence-electron chi connectivity index (χ3n) is 6.09. The highest BCUT2D eigenvalue weighted by molar-refractivity contribution is 9.13. The SMILES string of the molecule is CN(CCCC(C#N)(c1ccc(Br)c(Br)c1)C1CCCC1)Cc1ccccc1. The van der Waals surface area contributed by atoms with E-state index in [2.05, 4.69) is 98.4 Å². The van der Waals surface area contributed by atoms with Gasteiger partial charge in [-0.1, -0.05) is 49.2 Å². The maximum Gasteiger partial charge on any atom is 0.0851 e. The van der Waals surface area contributed by atoms with Crippen LogP contribution in [0, 0.1) is 17.2 Å². The molecule has 1 unspecified atom stereocenters. The van der Waals surface area contributed by atoms with Gasteiger partial charge in [0, 0.05) is 15.5 Å². The first-order valence-corrected chi connectivity index (χ1v) is 11.7. The predicted molar refractivity (Wildman–Crippen MR) is 123 cm³/mol. The van der Waals surface area contributed by atoms with Crippen molar-refractivity contribution in [3.05, 3.63) is 68.6 Å². The molecule has 0 bridgehead atoms. The largest absolute Gasteiger partial charge is 0.302 e. The Morgan fingerprint density at radius 2 is 1.79 bits per heavy atom. The van der Waals surface area contributed by atoms with Gasteiger partial charge in [-0.3, -0.25) is 0 Å². The van der Waals surface area contributed by atoms with Crippen LogP contribution in [0.2, 0.25) is 0 Å². The van der Waals surface area contributed by atoms with E-state index in [1.807, 2.05) is 0 Å². The summed E-state index contributed by atoms with van der Waals surface area (Å²) in [5, 5.41) is 10.4. The zero-order chi connectivity index (χ0) is 20.0. The summed E-state index contributed by atoms with van der Waals surface area (Å²) >= 11 is 7.21. The summed E-state index contributed by atoms with van der Waals surface area (Å²) < 4.78 is 2.07. The Hall–Kier alpha value is -1.15. The molecular formula is C24H28Br2N2. The number of nitriles is 1. The minimum atomic E-state index is -0.382. The monoisotopic (exact) mass is 502 g/mol. The molecule has 1 aliphatic rings. The van der Waals surface area contributed by atoms with Gasteiger partial charge in [0.2, 0.25) is 0 Å². The summed E-state index contributed by atoms with van der Waals surface area (Å²) in [7, 11) is 2.17. The van der Waals surface area contributed by atoms with Crippen molar-refractivity contribution in [3.63, 3.8) is 0 Å². The van der Waals surface area contributed by atoms with Gasteiger partial charge in [-0.2, -0.15) is 5.26 Å². The lowest BCUT2D eigenvalue weighted by Gasteiger charge is -2.34. The summed E-state index contributed by atoms with van der Waals surface area (Å²) in [6, 6.07) is 19.7. The molecule has 0 radical (unpaired) electrons. The molecule has 2 nitrogen and oxygen atoms in total. The van der Waals surface area contributed by atoms with E-state index in [1.165, 1.54) is 36.8 Å². The lowest BCUT2D eigenvalue weighted by atomic mass is 9.67. The molecule has 28 heavy (non-hydrogen) atoms. The van der Waals surface area contributed by atoms with E-state index in [9.17, 15) is 5.26 Å². The van der Waals surface area contributed by atoms with Crippen molar-refractivity contribution in [1.82, 2.24) is 4.90 Å². The lowest BCUT2D eigenvalue weighted by Crippen LogP contribution is -2.34. The maximum absolute atomic E-state index is 10.4. The fourth-order valence-electron chi connectivity index (χ4n) is 4.59. The van der Waals surface area contributed by atoms with Gasteiger partial charge in [-0.05, 0) is 100 Å². The highest BCUT2D eigenvalue weighted by Gasteiger charge is 2.41. The second kappa shape index (κ2) is 10.1. The second-order valence-electron chi connectivity index (χ2n) is 8.02. The van der Waals surface area contributed by atoms with Gasteiger partial charge in [0.1, 0.15) is 0 Å². The first-order valence-electron chi connectivity index (χ1n) is 10.1. The molecule has 1 saturated carbocycles. The van der Waals surface area contributed by atoms with Crippen LogP contribution in [0.25, 0.3) is 0 Å². The molecule has 0 amide bonds. The first-order chi connectivity index (χ1) is 13.5. The zero-order valence-corrected chi connectivity index (χ0v) is 19.7. The van der Waals surface area contributed by atoms with Gasteiger partial charge < -0.3 is 4.90 Å². The van der Waals surface area contributed by atoms with Crippen LogP contribution in [0.15, 0.2) is 57.5 Å². The number of benzene rings is 2. The number of hydrogen-bond donors (Lipinski definition) is 0. The van der Waals surface area contributed by atoms with E-state index in [0.717, 1.165) is 34.9 Å². The van der Waals surface area contributed by atoms with Crippen molar-refractivity contribution >= 4 is 31.9 Å². The van der Waals surface area contributed by atoms with Gasteiger partial charge in [0.05, 0.1) is 11.5 Å². The van der Waals surface area contributed by atoms with E-state index in [4.69, 9.17) is 0 Å². The molecule has 0 aliphatic heterocycles. The first kappa shape index (κ1) is 21.6. The zero-order valence-electron chi connectivity index (χ0n) is 16.5. The van der Waals surface area contributed by atoms with E-state index in [0.29, 0.717) is 5.92 Å². The van der Waals surface area contributed by atoms with Crippen molar-refractivity contribution in [2.45, 2.75) is 50.5 Å². The molecule has 2 aromatic carbocycles. The van der Waals surface area contributed by atoms with Crippen LogP contribution in [-0.2, 0) is 12.0 Å².